The molecule has 0 spiro atoms. The number of carbonyl (C=O) groups excluding carboxylic acids is 1. The molecule has 0 atom stereocenters. The van der Waals surface area contributed by atoms with Gasteiger partial charge in [-0.1, -0.05) is 30.5 Å². The standard InChI is InChI=1S/C15H22N2O2/c1-11-6-7-14(18)12(8-11)9-17(10-15(16)19)13-4-2-3-5-13/h6-8,13,18H,2-5,9-10H2,1H3,(H2,16,19). The van der Waals surface area contributed by atoms with E-state index in [1.165, 1.54) is 12.8 Å². The molecule has 0 radical (unpaired) electrons. The number of aryl methyl sites for hydroxylation is 1. The topological polar surface area (TPSA) is 66.6 Å². The van der Waals surface area contributed by atoms with Crippen molar-refractivity contribution in [2.45, 2.75) is 45.2 Å². The van der Waals surface area contributed by atoms with E-state index in [2.05, 4.69) is 4.90 Å². The molecular formula is C15H22N2O2. The fraction of sp³-hybridized carbons (Fsp3) is 0.533. The highest BCUT2D eigenvalue weighted by atomic mass is 16.3. The summed E-state index contributed by atoms with van der Waals surface area (Å²) in [6.07, 6.45) is 4.64. The van der Waals surface area contributed by atoms with Gasteiger partial charge in [-0.05, 0) is 25.8 Å². The number of carbonyl (C=O) groups is 1. The molecule has 2 rings (SSSR count). The van der Waals surface area contributed by atoms with Gasteiger partial charge in [0.25, 0.3) is 0 Å². The van der Waals surface area contributed by atoms with Gasteiger partial charge in [0.2, 0.25) is 5.91 Å². The van der Waals surface area contributed by atoms with Crippen LogP contribution in [-0.2, 0) is 11.3 Å². The average Bonchev–Trinajstić information content (AvgIpc) is 2.86. The maximum atomic E-state index is 11.2. The lowest BCUT2D eigenvalue weighted by molar-refractivity contribution is -0.119. The number of hydrogen-bond acceptors (Lipinski definition) is 3. The molecule has 0 bridgehead atoms. The molecule has 104 valence electrons. The summed E-state index contributed by atoms with van der Waals surface area (Å²) in [5, 5.41) is 9.92. The zero-order valence-corrected chi connectivity index (χ0v) is 11.4. The van der Waals surface area contributed by atoms with Crippen molar-refractivity contribution in [3.63, 3.8) is 0 Å². The number of aromatic hydroxyl groups is 1. The Kier molecular flexibility index (Phi) is 4.43. The van der Waals surface area contributed by atoms with Crippen LogP contribution in [0.15, 0.2) is 18.2 Å². The lowest BCUT2D eigenvalue weighted by Crippen LogP contribution is -2.39. The molecule has 1 saturated carbocycles. The minimum atomic E-state index is -0.306. The van der Waals surface area contributed by atoms with Crippen LogP contribution in [0, 0.1) is 6.92 Å². The second kappa shape index (κ2) is 6.06. The third-order valence-corrected chi connectivity index (χ3v) is 3.81. The van der Waals surface area contributed by atoms with Gasteiger partial charge in [-0.25, -0.2) is 0 Å². The second-order valence-corrected chi connectivity index (χ2v) is 5.44. The molecule has 1 aromatic rings. The summed E-state index contributed by atoms with van der Waals surface area (Å²) in [7, 11) is 0. The molecule has 4 nitrogen and oxygen atoms in total. The molecule has 0 aromatic heterocycles. The molecule has 1 amide bonds. The van der Waals surface area contributed by atoms with Crippen LogP contribution in [0.1, 0.15) is 36.8 Å². The third-order valence-electron chi connectivity index (χ3n) is 3.81. The van der Waals surface area contributed by atoms with Crippen molar-refractivity contribution in [2.75, 3.05) is 6.54 Å². The maximum Gasteiger partial charge on any atom is 0.231 e. The first-order valence-corrected chi connectivity index (χ1v) is 6.87. The van der Waals surface area contributed by atoms with Crippen LogP contribution in [-0.4, -0.2) is 28.5 Å². The number of nitrogens with zero attached hydrogens (tertiary/aromatic N) is 1. The van der Waals surface area contributed by atoms with Crippen molar-refractivity contribution in [3.8, 4) is 5.75 Å². The lowest BCUT2D eigenvalue weighted by Gasteiger charge is -2.27. The van der Waals surface area contributed by atoms with E-state index in [9.17, 15) is 9.90 Å². The molecule has 0 aliphatic heterocycles. The lowest BCUT2D eigenvalue weighted by atomic mass is 10.1. The van der Waals surface area contributed by atoms with E-state index >= 15 is 0 Å². The third kappa shape index (κ3) is 3.70. The Morgan fingerprint density at radius 3 is 2.74 bits per heavy atom. The quantitative estimate of drug-likeness (QED) is 0.852. The van der Waals surface area contributed by atoms with Gasteiger partial charge in [-0.15, -0.1) is 0 Å². The molecule has 0 saturated heterocycles. The predicted molar refractivity (Wildman–Crippen MR) is 74.7 cm³/mol. The molecule has 1 fully saturated rings. The number of rotatable bonds is 5. The largest absolute Gasteiger partial charge is 0.508 e. The van der Waals surface area contributed by atoms with Crippen LogP contribution in [0.4, 0.5) is 0 Å². The highest BCUT2D eigenvalue weighted by molar-refractivity contribution is 5.76. The Bertz CT molecular complexity index is 453. The monoisotopic (exact) mass is 262 g/mol. The number of benzene rings is 1. The number of phenols is 1. The smallest absolute Gasteiger partial charge is 0.231 e. The van der Waals surface area contributed by atoms with E-state index in [-0.39, 0.29) is 18.2 Å². The van der Waals surface area contributed by atoms with E-state index < -0.39 is 0 Å². The summed E-state index contributed by atoms with van der Waals surface area (Å²) < 4.78 is 0. The predicted octanol–water partition coefficient (Wildman–Crippen LogP) is 1.93. The van der Waals surface area contributed by atoms with Gasteiger partial charge < -0.3 is 10.8 Å². The average molecular weight is 262 g/mol. The zero-order valence-electron chi connectivity index (χ0n) is 11.4. The van der Waals surface area contributed by atoms with E-state index in [1.807, 2.05) is 19.1 Å². The summed E-state index contributed by atoms with van der Waals surface area (Å²) in [6.45, 7) is 2.84. The molecule has 3 N–H and O–H groups in total. The van der Waals surface area contributed by atoms with Gasteiger partial charge in [-0.2, -0.15) is 0 Å². The van der Waals surface area contributed by atoms with Crippen LogP contribution in [0.2, 0.25) is 0 Å². The van der Waals surface area contributed by atoms with Gasteiger partial charge in [0.05, 0.1) is 6.54 Å². The van der Waals surface area contributed by atoms with Crippen molar-refractivity contribution in [3.05, 3.63) is 29.3 Å². The van der Waals surface area contributed by atoms with Crippen LogP contribution >= 0.6 is 0 Å². The SMILES string of the molecule is Cc1ccc(O)c(CN(CC(N)=O)C2CCCC2)c1. The van der Waals surface area contributed by atoms with Crippen molar-refractivity contribution in [2.24, 2.45) is 5.73 Å². The van der Waals surface area contributed by atoms with Crippen LogP contribution < -0.4 is 5.73 Å². The minimum absolute atomic E-state index is 0.262. The van der Waals surface area contributed by atoms with Crippen LogP contribution in [0.3, 0.4) is 0 Å². The van der Waals surface area contributed by atoms with E-state index in [4.69, 9.17) is 5.73 Å². The van der Waals surface area contributed by atoms with Crippen LogP contribution in [0.5, 0.6) is 5.75 Å². The fourth-order valence-corrected chi connectivity index (χ4v) is 2.84. The number of amides is 1. The van der Waals surface area contributed by atoms with Crippen molar-refractivity contribution < 1.29 is 9.90 Å². The summed E-state index contributed by atoms with van der Waals surface area (Å²) in [5.74, 6) is -0.0166. The number of hydrogen-bond donors (Lipinski definition) is 2. The molecule has 0 unspecified atom stereocenters. The summed E-state index contributed by atoms with van der Waals surface area (Å²) >= 11 is 0. The Morgan fingerprint density at radius 2 is 2.11 bits per heavy atom. The molecular weight excluding hydrogens is 240 g/mol. The van der Waals surface area contributed by atoms with Crippen LogP contribution in [0.25, 0.3) is 0 Å². The van der Waals surface area contributed by atoms with Crippen molar-refractivity contribution in [1.82, 2.24) is 4.90 Å². The van der Waals surface area contributed by atoms with E-state index in [1.54, 1.807) is 6.07 Å². The maximum absolute atomic E-state index is 11.2. The zero-order chi connectivity index (χ0) is 13.8. The summed E-state index contributed by atoms with van der Waals surface area (Å²) in [5.41, 5.74) is 7.32. The van der Waals surface area contributed by atoms with Gasteiger partial charge in [0.15, 0.2) is 0 Å². The Hall–Kier alpha value is -1.55. The molecule has 4 heteroatoms. The highest BCUT2D eigenvalue weighted by Gasteiger charge is 2.24. The minimum Gasteiger partial charge on any atom is -0.508 e. The normalized spacial score (nSPS) is 16.1. The number of primary amides is 1. The molecule has 19 heavy (non-hydrogen) atoms. The van der Waals surface area contributed by atoms with Gasteiger partial charge in [0.1, 0.15) is 5.75 Å². The molecule has 1 aromatic carbocycles. The molecule has 1 aliphatic carbocycles. The summed E-state index contributed by atoms with van der Waals surface area (Å²) in [6, 6.07) is 5.97. The van der Waals surface area contributed by atoms with E-state index in [0.29, 0.717) is 12.6 Å². The molecule has 0 heterocycles. The Labute approximate surface area is 114 Å². The highest BCUT2D eigenvalue weighted by Crippen LogP contribution is 2.27. The number of nitrogens with two attached hydrogens (primary N) is 1. The number of phenolic OH excluding ortho intramolecular Hbond substituents is 1. The Balaban J connectivity index is 2.14. The summed E-state index contributed by atoms with van der Waals surface area (Å²) in [4.78, 5) is 13.3. The first-order valence-electron chi connectivity index (χ1n) is 6.87. The first kappa shape index (κ1) is 13.9. The van der Waals surface area contributed by atoms with Gasteiger partial charge >= 0.3 is 0 Å². The second-order valence-electron chi connectivity index (χ2n) is 5.44. The van der Waals surface area contributed by atoms with Crippen molar-refractivity contribution in [1.29, 1.82) is 0 Å². The fourth-order valence-electron chi connectivity index (χ4n) is 2.84. The first-order chi connectivity index (χ1) is 9.06. The van der Waals surface area contributed by atoms with Gasteiger partial charge in [0, 0.05) is 18.2 Å². The Morgan fingerprint density at radius 1 is 1.42 bits per heavy atom. The van der Waals surface area contributed by atoms with E-state index in [0.717, 1.165) is 24.0 Å². The van der Waals surface area contributed by atoms with Gasteiger partial charge in [-0.3, -0.25) is 9.69 Å². The van der Waals surface area contributed by atoms with Crippen molar-refractivity contribution >= 4 is 5.91 Å². The molecule has 1 aliphatic rings.